The summed E-state index contributed by atoms with van der Waals surface area (Å²) in [5.74, 6) is 1.65. The van der Waals surface area contributed by atoms with Gasteiger partial charge in [0, 0.05) is 12.4 Å². The number of rotatable bonds is 7. The summed E-state index contributed by atoms with van der Waals surface area (Å²) in [7, 11) is 0. The molecule has 1 aromatic heterocycles. The fraction of sp³-hybridized carbons (Fsp3) is 0.607. The second-order valence-electron chi connectivity index (χ2n) is 11.9. The molecule has 1 heteroatoms. The summed E-state index contributed by atoms with van der Waals surface area (Å²) in [5.41, 5.74) is 3.61. The largest absolute Gasteiger partial charge is 0.265 e. The molecule has 1 nitrogen and oxygen atoms in total. The van der Waals surface area contributed by atoms with E-state index in [0.29, 0.717) is 17.8 Å². The molecule has 2 aromatic rings. The Bertz CT molecular complexity index is 731. The number of hydrogen-bond acceptors (Lipinski definition) is 1. The van der Waals surface area contributed by atoms with Crippen molar-refractivity contribution in [1.29, 1.82) is 0 Å². The van der Waals surface area contributed by atoms with Gasteiger partial charge in [-0.25, -0.2) is 0 Å². The minimum Gasteiger partial charge on any atom is -0.265 e. The minimum absolute atomic E-state index is 0.187. The fourth-order valence-corrected chi connectivity index (χ4v) is 4.69. The van der Waals surface area contributed by atoms with Crippen molar-refractivity contribution in [2.75, 3.05) is 0 Å². The van der Waals surface area contributed by atoms with Crippen LogP contribution in [-0.4, -0.2) is 4.98 Å². The zero-order valence-electron chi connectivity index (χ0n) is 20.3. The van der Waals surface area contributed by atoms with Gasteiger partial charge in [0.25, 0.3) is 0 Å². The van der Waals surface area contributed by atoms with Crippen molar-refractivity contribution in [2.24, 2.45) is 22.2 Å². The van der Waals surface area contributed by atoms with Gasteiger partial charge in [0.05, 0.1) is 0 Å². The third kappa shape index (κ3) is 6.43. The second kappa shape index (κ2) is 9.02. The highest BCUT2D eigenvalue weighted by atomic mass is 14.6. The van der Waals surface area contributed by atoms with Gasteiger partial charge in [-0.15, -0.1) is 0 Å². The van der Waals surface area contributed by atoms with Gasteiger partial charge in [-0.1, -0.05) is 92.6 Å². The summed E-state index contributed by atoms with van der Waals surface area (Å²) >= 11 is 0. The van der Waals surface area contributed by atoms with E-state index in [1.165, 1.54) is 24.0 Å². The maximum Gasteiger partial charge on any atom is 0.0270 e. The average Bonchev–Trinajstić information content (AvgIpc) is 2.63. The normalized spacial score (nSPS) is 16.3. The van der Waals surface area contributed by atoms with E-state index >= 15 is 0 Å². The molecule has 0 fully saturated rings. The summed E-state index contributed by atoms with van der Waals surface area (Å²) in [6.45, 7) is 21.7. The molecule has 0 aliphatic rings. The van der Waals surface area contributed by atoms with Crippen LogP contribution in [0, 0.1) is 22.2 Å². The topological polar surface area (TPSA) is 12.9 Å². The minimum atomic E-state index is 0.187. The number of benzene rings is 1. The smallest absolute Gasteiger partial charge is 0.0270 e. The van der Waals surface area contributed by atoms with Crippen LogP contribution in [0.25, 0.3) is 0 Å². The van der Waals surface area contributed by atoms with Crippen LogP contribution in [0.4, 0.5) is 0 Å². The molecule has 0 N–H and O–H groups in total. The second-order valence-corrected chi connectivity index (χ2v) is 11.9. The maximum atomic E-state index is 4.27. The van der Waals surface area contributed by atoms with E-state index in [2.05, 4.69) is 110 Å². The van der Waals surface area contributed by atoms with Crippen molar-refractivity contribution in [2.45, 2.75) is 87.0 Å². The van der Waals surface area contributed by atoms with Crippen LogP contribution in [-0.2, 0) is 0 Å². The Labute approximate surface area is 180 Å². The van der Waals surface area contributed by atoms with E-state index in [9.17, 15) is 0 Å². The predicted molar refractivity (Wildman–Crippen MR) is 127 cm³/mol. The molecule has 1 heterocycles. The summed E-state index contributed by atoms with van der Waals surface area (Å²) in [4.78, 5) is 4.27. The van der Waals surface area contributed by atoms with Crippen LogP contribution in [0.1, 0.15) is 98.1 Å². The van der Waals surface area contributed by atoms with Crippen LogP contribution in [0.2, 0.25) is 0 Å². The molecule has 0 aliphatic heterocycles. The Morgan fingerprint density at radius 3 is 1.72 bits per heavy atom. The lowest BCUT2D eigenvalue weighted by Crippen LogP contribution is -2.34. The maximum absolute atomic E-state index is 4.27. The van der Waals surface area contributed by atoms with Gasteiger partial charge in [-0.05, 0) is 70.1 Å². The number of aromatic nitrogens is 1. The van der Waals surface area contributed by atoms with Crippen LogP contribution in [0.15, 0.2) is 54.9 Å². The van der Waals surface area contributed by atoms with Crippen LogP contribution < -0.4 is 0 Å². The molecule has 160 valence electrons. The standard InChI is InChI=1S/C28H43N/c1-21(19-24(27(5,6)7)22-13-11-10-12-14-22)28(8,9)25(20-26(2,3)4)23-15-17-29-18-16-23/h10-18,21,24-25H,19-20H2,1-9H3. The highest BCUT2D eigenvalue weighted by Crippen LogP contribution is 2.51. The zero-order chi connectivity index (χ0) is 21.9. The first-order chi connectivity index (χ1) is 13.3. The first-order valence-electron chi connectivity index (χ1n) is 11.3. The molecule has 0 bridgehead atoms. The van der Waals surface area contributed by atoms with Crippen molar-refractivity contribution in [1.82, 2.24) is 4.98 Å². The Morgan fingerprint density at radius 1 is 0.724 bits per heavy atom. The molecule has 1 aromatic carbocycles. The van der Waals surface area contributed by atoms with Gasteiger partial charge in [0.1, 0.15) is 0 Å². The van der Waals surface area contributed by atoms with E-state index in [4.69, 9.17) is 0 Å². The van der Waals surface area contributed by atoms with Gasteiger partial charge >= 0.3 is 0 Å². The van der Waals surface area contributed by atoms with Gasteiger partial charge in [0.15, 0.2) is 0 Å². The number of pyridine rings is 1. The molecule has 0 saturated heterocycles. The lowest BCUT2D eigenvalue weighted by atomic mass is 9.60. The molecule has 0 aliphatic carbocycles. The average molecular weight is 394 g/mol. The number of nitrogens with zero attached hydrogens (tertiary/aromatic N) is 1. The monoisotopic (exact) mass is 393 g/mol. The third-order valence-electron chi connectivity index (χ3n) is 6.93. The van der Waals surface area contributed by atoms with Crippen molar-refractivity contribution in [3.63, 3.8) is 0 Å². The van der Waals surface area contributed by atoms with Crippen LogP contribution >= 0.6 is 0 Å². The molecular weight excluding hydrogens is 350 g/mol. The summed E-state index contributed by atoms with van der Waals surface area (Å²) < 4.78 is 0. The first kappa shape index (κ1) is 23.6. The summed E-state index contributed by atoms with van der Waals surface area (Å²) in [6, 6.07) is 15.6. The summed E-state index contributed by atoms with van der Waals surface area (Å²) in [6.07, 6.45) is 6.29. The lowest BCUT2D eigenvalue weighted by molar-refractivity contribution is 0.113. The van der Waals surface area contributed by atoms with Crippen LogP contribution in [0.5, 0.6) is 0 Å². The highest BCUT2D eigenvalue weighted by molar-refractivity contribution is 5.23. The van der Waals surface area contributed by atoms with Gasteiger partial charge < -0.3 is 0 Å². The SMILES string of the molecule is CC(CC(c1ccccc1)C(C)(C)C)C(C)(C)C(CC(C)(C)C)c1ccncc1. The molecule has 0 radical (unpaired) electrons. The molecule has 0 saturated carbocycles. The predicted octanol–water partition coefficient (Wildman–Crippen LogP) is 8.48. The first-order valence-corrected chi connectivity index (χ1v) is 11.3. The van der Waals surface area contributed by atoms with Gasteiger partial charge in [-0.3, -0.25) is 4.98 Å². The molecule has 29 heavy (non-hydrogen) atoms. The van der Waals surface area contributed by atoms with Crippen LogP contribution in [0.3, 0.4) is 0 Å². The molecule has 0 amide bonds. The Balaban J connectivity index is 2.36. The van der Waals surface area contributed by atoms with E-state index in [1.54, 1.807) is 0 Å². The molecule has 3 unspecified atom stereocenters. The molecule has 3 atom stereocenters. The van der Waals surface area contributed by atoms with Gasteiger partial charge in [0.2, 0.25) is 0 Å². The van der Waals surface area contributed by atoms with Crippen molar-refractivity contribution < 1.29 is 0 Å². The van der Waals surface area contributed by atoms with E-state index in [-0.39, 0.29) is 16.2 Å². The van der Waals surface area contributed by atoms with E-state index in [0.717, 1.165) is 0 Å². The van der Waals surface area contributed by atoms with E-state index in [1.807, 2.05) is 12.4 Å². The van der Waals surface area contributed by atoms with Gasteiger partial charge in [-0.2, -0.15) is 0 Å². The number of hydrogen-bond donors (Lipinski definition) is 0. The molecular formula is C28H43N. The van der Waals surface area contributed by atoms with E-state index < -0.39 is 0 Å². The Kier molecular flexibility index (Phi) is 7.36. The third-order valence-corrected chi connectivity index (χ3v) is 6.93. The van der Waals surface area contributed by atoms with Crippen molar-refractivity contribution >= 4 is 0 Å². The highest BCUT2D eigenvalue weighted by Gasteiger charge is 2.40. The quantitative estimate of drug-likeness (QED) is 0.459. The van der Waals surface area contributed by atoms with Crippen molar-refractivity contribution in [3.05, 3.63) is 66.0 Å². The summed E-state index contributed by atoms with van der Waals surface area (Å²) in [5, 5.41) is 0. The Hall–Kier alpha value is -1.63. The fourth-order valence-electron chi connectivity index (χ4n) is 4.69. The zero-order valence-corrected chi connectivity index (χ0v) is 20.3. The molecule has 0 spiro atoms. The lowest BCUT2D eigenvalue weighted by Gasteiger charge is -2.45. The molecule has 2 rings (SSSR count). The van der Waals surface area contributed by atoms with Crippen molar-refractivity contribution in [3.8, 4) is 0 Å². The Morgan fingerprint density at radius 2 is 1.24 bits per heavy atom.